The van der Waals surface area contributed by atoms with E-state index in [0.29, 0.717) is 0 Å². The minimum Gasteiger partial charge on any atom is -0.354 e. The average Bonchev–Trinajstić information content (AvgIpc) is 3.24. The Morgan fingerprint density at radius 2 is 1.95 bits per heavy atom. The van der Waals surface area contributed by atoms with Crippen molar-refractivity contribution in [3.63, 3.8) is 0 Å². The van der Waals surface area contributed by atoms with Crippen LogP contribution < -0.4 is 11.1 Å². The molecule has 1 aromatic carbocycles. The van der Waals surface area contributed by atoms with Crippen molar-refractivity contribution in [3.8, 4) is 0 Å². The number of halogens is 1. The van der Waals surface area contributed by atoms with Crippen molar-refractivity contribution in [2.45, 2.75) is 45.6 Å². The van der Waals surface area contributed by atoms with Gasteiger partial charge in [0.05, 0.1) is 6.04 Å². The summed E-state index contributed by atoms with van der Waals surface area (Å²) in [4.78, 5) is 12.0. The van der Waals surface area contributed by atoms with E-state index in [0.717, 1.165) is 19.4 Å². The highest BCUT2D eigenvalue weighted by atomic mass is 35.5. The van der Waals surface area contributed by atoms with E-state index < -0.39 is 0 Å². The second-order valence-electron chi connectivity index (χ2n) is 6.29. The molecule has 3 N–H and O–H groups in total. The van der Waals surface area contributed by atoms with Crippen LogP contribution in [0.4, 0.5) is 0 Å². The first-order valence-corrected chi connectivity index (χ1v) is 7.63. The molecule has 1 aliphatic rings. The van der Waals surface area contributed by atoms with E-state index >= 15 is 0 Å². The fraction of sp³-hybridized carbons (Fsp3) is 0.588. The number of hydrogen-bond donors (Lipinski definition) is 2. The van der Waals surface area contributed by atoms with Crippen LogP contribution in [0.15, 0.2) is 30.3 Å². The minimum atomic E-state index is -0.382. The van der Waals surface area contributed by atoms with Crippen LogP contribution in [0, 0.1) is 11.3 Å². The van der Waals surface area contributed by atoms with E-state index in [1.165, 1.54) is 18.4 Å². The van der Waals surface area contributed by atoms with Crippen LogP contribution in [0.25, 0.3) is 0 Å². The van der Waals surface area contributed by atoms with Crippen LogP contribution in [0.1, 0.15) is 38.7 Å². The van der Waals surface area contributed by atoms with Gasteiger partial charge < -0.3 is 11.1 Å². The summed E-state index contributed by atoms with van der Waals surface area (Å²) >= 11 is 0. The summed E-state index contributed by atoms with van der Waals surface area (Å²) in [6.45, 7) is 4.85. The molecule has 0 aliphatic heterocycles. The largest absolute Gasteiger partial charge is 0.354 e. The predicted molar refractivity (Wildman–Crippen MR) is 89.5 cm³/mol. The zero-order valence-corrected chi connectivity index (χ0v) is 13.8. The number of amides is 1. The number of hydrogen-bond acceptors (Lipinski definition) is 2. The third-order valence-electron chi connectivity index (χ3n) is 4.58. The molecule has 0 bridgehead atoms. The maximum Gasteiger partial charge on any atom is 0.237 e. The summed E-state index contributed by atoms with van der Waals surface area (Å²) in [5, 5.41) is 3.06. The maximum atomic E-state index is 12.0. The van der Waals surface area contributed by atoms with Crippen molar-refractivity contribution in [1.82, 2.24) is 5.32 Å². The molecule has 1 amide bonds. The summed E-state index contributed by atoms with van der Waals surface area (Å²) in [5.41, 5.74) is 7.58. The van der Waals surface area contributed by atoms with Crippen LogP contribution in [0.2, 0.25) is 0 Å². The number of carbonyl (C=O) groups excluding carboxylic acids is 1. The highest BCUT2D eigenvalue weighted by molar-refractivity contribution is 5.85. The molecule has 0 heterocycles. The fourth-order valence-electron chi connectivity index (χ4n) is 2.53. The van der Waals surface area contributed by atoms with Crippen LogP contribution in [-0.4, -0.2) is 18.5 Å². The topological polar surface area (TPSA) is 55.1 Å². The predicted octanol–water partition coefficient (Wildman–Crippen LogP) is 2.92. The highest BCUT2D eigenvalue weighted by Crippen LogP contribution is 2.47. The molecule has 2 rings (SSSR count). The molecular formula is C17H27ClN2O. The summed E-state index contributed by atoms with van der Waals surface area (Å²) in [5.74, 6) is 0.234. The van der Waals surface area contributed by atoms with E-state index in [-0.39, 0.29) is 35.7 Å². The second kappa shape index (κ2) is 7.81. The molecule has 118 valence electrons. The molecule has 3 nitrogen and oxygen atoms in total. The van der Waals surface area contributed by atoms with Crippen molar-refractivity contribution >= 4 is 18.3 Å². The molecule has 0 saturated heterocycles. The Morgan fingerprint density at radius 3 is 2.48 bits per heavy atom. The molecule has 4 heteroatoms. The van der Waals surface area contributed by atoms with Gasteiger partial charge in [0.2, 0.25) is 5.91 Å². The van der Waals surface area contributed by atoms with Gasteiger partial charge in [0.15, 0.2) is 0 Å². The number of nitrogens with one attached hydrogen (secondary N) is 1. The molecule has 1 aliphatic carbocycles. The number of nitrogens with two attached hydrogens (primary N) is 1. The first-order chi connectivity index (χ1) is 9.56. The van der Waals surface area contributed by atoms with E-state index in [2.05, 4.69) is 36.5 Å². The van der Waals surface area contributed by atoms with Crippen LogP contribution in [-0.2, 0) is 11.2 Å². The summed E-state index contributed by atoms with van der Waals surface area (Å²) in [6.07, 6.45) is 4.37. The molecule has 2 atom stereocenters. The average molecular weight is 311 g/mol. The normalized spacial score (nSPS) is 18.2. The monoisotopic (exact) mass is 310 g/mol. The molecule has 0 spiro atoms. The van der Waals surface area contributed by atoms with Crippen molar-refractivity contribution in [2.75, 3.05) is 6.54 Å². The lowest BCUT2D eigenvalue weighted by atomic mass is 9.95. The van der Waals surface area contributed by atoms with Crippen LogP contribution >= 0.6 is 12.4 Å². The summed E-state index contributed by atoms with van der Waals surface area (Å²) < 4.78 is 0. The Morgan fingerprint density at radius 1 is 1.33 bits per heavy atom. The van der Waals surface area contributed by atoms with Crippen molar-refractivity contribution in [2.24, 2.45) is 17.1 Å². The fourth-order valence-corrected chi connectivity index (χ4v) is 2.53. The van der Waals surface area contributed by atoms with Crippen molar-refractivity contribution in [3.05, 3.63) is 35.9 Å². The molecule has 0 aromatic heterocycles. The Labute approximate surface area is 134 Å². The number of benzene rings is 1. The lowest BCUT2D eigenvalue weighted by molar-refractivity contribution is -0.123. The van der Waals surface area contributed by atoms with Gasteiger partial charge in [-0.05, 0) is 36.2 Å². The standard InChI is InChI=1S/C17H26N2O.ClH/c1-3-13(2)15(18)16(20)19-12-17(9-10-17)11-14-7-5-4-6-8-14;/h4-8,13,15H,3,9-12,18H2,1-2H3,(H,19,20);1H. The van der Waals surface area contributed by atoms with E-state index in [4.69, 9.17) is 5.73 Å². The summed E-state index contributed by atoms with van der Waals surface area (Å²) in [7, 11) is 0. The van der Waals surface area contributed by atoms with Gasteiger partial charge in [0, 0.05) is 6.54 Å². The SMILES string of the molecule is CCC(C)C(N)C(=O)NCC1(Cc2ccccc2)CC1.Cl. The molecule has 1 fully saturated rings. The molecule has 2 unspecified atom stereocenters. The van der Waals surface area contributed by atoms with Crippen LogP contribution in [0.3, 0.4) is 0 Å². The van der Waals surface area contributed by atoms with Crippen molar-refractivity contribution < 1.29 is 4.79 Å². The van der Waals surface area contributed by atoms with E-state index in [9.17, 15) is 4.79 Å². The van der Waals surface area contributed by atoms with Gasteiger partial charge in [0.1, 0.15) is 0 Å². The smallest absolute Gasteiger partial charge is 0.237 e. The first kappa shape index (κ1) is 18.0. The van der Waals surface area contributed by atoms with Crippen LogP contribution in [0.5, 0.6) is 0 Å². The third-order valence-corrected chi connectivity index (χ3v) is 4.58. The third kappa shape index (κ3) is 5.01. The van der Waals surface area contributed by atoms with E-state index in [1.54, 1.807) is 0 Å². The quantitative estimate of drug-likeness (QED) is 0.813. The Kier molecular flexibility index (Phi) is 6.69. The lowest BCUT2D eigenvalue weighted by Crippen LogP contribution is -2.46. The maximum absolute atomic E-state index is 12.0. The number of rotatable bonds is 7. The van der Waals surface area contributed by atoms with Gasteiger partial charge in [-0.2, -0.15) is 0 Å². The molecule has 1 aromatic rings. The Balaban J connectivity index is 0.00000220. The van der Waals surface area contributed by atoms with Crippen molar-refractivity contribution in [1.29, 1.82) is 0 Å². The van der Waals surface area contributed by atoms with Gasteiger partial charge in [-0.15, -0.1) is 12.4 Å². The first-order valence-electron chi connectivity index (χ1n) is 7.63. The van der Waals surface area contributed by atoms with Gasteiger partial charge >= 0.3 is 0 Å². The Bertz CT molecular complexity index is 445. The number of carbonyl (C=O) groups is 1. The highest BCUT2D eigenvalue weighted by Gasteiger charge is 2.42. The molecule has 0 radical (unpaired) electrons. The molecular weight excluding hydrogens is 284 g/mol. The van der Waals surface area contributed by atoms with Gasteiger partial charge in [-0.1, -0.05) is 50.6 Å². The van der Waals surface area contributed by atoms with Gasteiger partial charge in [0.25, 0.3) is 0 Å². The minimum absolute atomic E-state index is 0. The summed E-state index contributed by atoms with van der Waals surface area (Å²) in [6, 6.07) is 10.1. The molecule has 21 heavy (non-hydrogen) atoms. The van der Waals surface area contributed by atoms with Gasteiger partial charge in [-0.25, -0.2) is 0 Å². The zero-order valence-electron chi connectivity index (χ0n) is 13.0. The zero-order chi connectivity index (χ0) is 14.6. The molecule has 1 saturated carbocycles. The van der Waals surface area contributed by atoms with E-state index in [1.807, 2.05) is 13.0 Å². The van der Waals surface area contributed by atoms with Gasteiger partial charge in [-0.3, -0.25) is 4.79 Å². The Hall–Kier alpha value is -1.06. The lowest BCUT2D eigenvalue weighted by Gasteiger charge is -2.21. The second-order valence-corrected chi connectivity index (χ2v) is 6.29.